The van der Waals surface area contributed by atoms with Crippen LogP contribution < -0.4 is 0 Å². The minimum absolute atomic E-state index is 0.00735. The first-order valence-electron chi connectivity index (χ1n) is 5.08. The maximum Gasteiger partial charge on any atom is 0.340 e. The molecule has 0 spiro atoms. The van der Waals surface area contributed by atoms with E-state index < -0.39 is 26.6 Å². The molecule has 0 radical (unpaired) electrons. The second-order valence-corrected chi connectivity index (χ2v) is 5.20. The number of aromatic carboxylic acids is 1. The van der Waals surface area contributed by atoms with E-state index in [0.717, 1.165) is 10.5 Å². The van der Waals surface area contributed by atoms with Gasteiger partial charge in [-0.05, 0) is 0 Å². The van der Waals surface area contributed by atoms with Gasteiger partial charge >= 0.3 is 5.97 Å². The average molecular weight is 272 g/mol. The zero-order chi connectivity index (χ0) is 13.8. The number of aromatic amines is 1. The average Bonchev–Trinajstić information content (AvgIpc) is 2.79. The van der Waals surface area contributed by atoms with Gasteiger partial charge < -0.3 is 5.11 Å². The smallest absolute Gasteiger partial charge is 0.340 e. The number of carbonyl (C=O) groups is 1. The van der Waals surface area contributed by atoms with E-state index in [1.807, 2.05) is 6.07 Å². The highest BCUT2D eigenvalue weighted by Gasteiger charge is 2.29. The maximum absolute atomic E-state index is 12.1. The minimum atomic E-state index is -3.97. The molecular weight excluding hydrogens is 260 g/mol. The van der Waals surface area contributed by atoms with E-state index in [1.165, 1.54) is 0 Å². The maximum atomic E-state index is 12.1. The number of sulfonamides is 1. The van der Waals surface area contributed by atoms with Gasteiger partial charge in [0.05, 0.1) is 12.3 Å². The Labute approximate surface area is 104 Å². The normalized spacial score (nSPS) is 11.4. The van der Waals surface area contributed by atoms with Crippen LogP contribution in [0.25, 0.3) is 0 Å². The van der Waals surface area contributed by atoms with E-state index in [-0.39, 0.29) is 19.5 Å². The van der Waals surface area contributed by atoms with Crippen molar-refractivity contribution in [1.29, 1.82) is 5.26 Å². The van der Waals surface area contributed by atoms with E-state index in [9.17, 15) is 13.2 Å². The summed E-state index contributed by atoms with van der Waals surface area (Å²) in [4.78, 5) is 10.9. The molecule has 0 saturated carbocycles. The van der Waals surface area contributed by atoms with Gasteiger partial charge in [0.15, 0.2) is 5.03 Å². The molecule has 1 heterocycles. The van der Waals surface area contributed by atoms with Crippen LogP contribution in [0.5, 0.6) is 0 Å². The molecule has 0 aliphatic heterocycles. The van der Waals surface area contributed by atoms with Crippen LogP contribution in [0, 0.1) is 11.3 Å². The number of hydrogen-bond acceptors (Lipinski definition) is 5. The van der Waals surface area contributed by atoms with Crippen molar-refractivity contribution in [3.05, 3.63) is 11.8 Å². The topological polar surface area (TPSA) is 127 Å². The third-order valence-corrected chi connectivity index (χ3v) is 4.21. The minimum Gasteiger partial charge on any atom is -0.478 e. The summed E-state index contributed by atoms with van der Waals surface area (Å²) in [6.45, 7) is 1.75. The SMILES string of the molecule is CCN(CCC#N)S(=O)(=O)c1[nH]ncc1C(=O)O. The first-order valence-corrected chi connectivity index (χ1v) is 6.53. The number of carboxylic acid groups (broad SMARTS) is 1. The number of rotatable bonds is 6. The molecule has 0 aliphatic rings. The molecule has 0 saturated heterocycles. The van der Waals surface area contributed by atoms with Crippen LogP contribution in [0.3, 0.4) is 0 Å². The van der Waals surface area contributed by atoms with Crippen LogP contribution in [0.2, 0.25) is 0 Å². The summed E-state index contributed by atoms with van der Waals surface area (Å²) >= 11 is 0. The lowest BCUT2D eigenvalue weighted by Gasteiger charge is -2.18. The number of carboxylic acids is 1. The van der Waals surface area contributed by atoms with Crippen LogP contribution >= 0.6 is 0 Å². The van der Waals surface area contributed by atoms with Gasteiger partial charge in [0, 0.05) is 19.5 Å². The first kappa shape index (κ1) is 14.1. The molecule has 0 atom stereocenters. The van der Waals surface area contributed by atoms with E-state index in [2.05, 4.69) is 10.2 Å². The van der Waals surface area contributed by atoms with Crippen molar-refractivity contribution in [2.45, 2.75) is 18.4 Å². The molecule has 0 fully saturated rings. The van der Waals surface area contributed by atoms with E-state index >= 15 is 0 Å². The molecule has 2 N–H and O–H groups in total. The van der Waals surface area contributed by atoms with Crippen LogP contribution in [0.15, 0.2) is 11.2 Å². The number of aromatic nitrogens is 2. The van der Waals surface area contributed by atoms with Crippen molar-refractivity contribution < 1.29 is 18.3 Å². The molecule has 1 aromatic rings. The highest BCUT2D eigenvalue weighted by molar-refractivity contribution is 7.89. The summed E-state index contributed by atoms with van der Waals surface area (Å²) in [6, 6.07) is 1.84. The second kappa shape index (κ2) is 5.61. The number of nitriles is 1. The fraction of sp³-hybridized carbons (Fsp3) is 0.444. The van der Waals surface area contributed by atoms with Gasteiger partial charge in [-0.2, -0.15) is 14.7 Å². The zero-order valence-corrected chi connectivity index (χ0v) is 10.4. The van der Waals surface area contributed by atoms with E-state index in [1.54, 1.807) is 6.92 Å². The van der Waals surface area contributed by atoms with E-state index in [4.69, 9.17) is 10.4 Å². The van der Waals surface area contributed by atoms with Gasteiger partial charge in [0.2, 0.25) is 0 Å². The molecule has 1 aromatic heterocycles. The van der Waals surface area contributed by atoms with Crippen LogP contribution in [-0.2, 0) is 10.0 Å². The molecule has 18 heavy (non-hydrogen) atoms. The summed E-state index contributed by atoms with van der Waals surface area (Å²) in [6.07, 6.45) is 0.969. The summed E-state index contributed by atoms with van der Waals surface area (Å²) in [5.41, 5.74) is -0.412. The molecule has 0 unspecified atom stereocenters. The van der Waals surface area contributed by atoms with Gasteiger partial charge in [0.25, 0.3) is 10.0 Å². The fourth-order valence-corrected chi connectivity index (χ4v) is 2.89. The Balaban J connectivity index is 3.16. The highest BCUT2D eigenvalue weighted by atomic mass is 32.2. The quantitative estimate of drug-likeness (QED) is 0.752. The Morgan fingerprint density at radius 1 is 1.67 bits per heavy atom. The summed E-state index contributed by atoms with van der Waals surface area (Å²) in [5.74, 6) is -1.38. The van der Waals surface area contributed by atoms with Crippen molar-refractivity contribution >= 4 is 16.0 Å². The zero-order valence-electron chi connectivity index (χ0n) is 9.62. The molecular formula is C9H12N4O4S. The molecule has 9 heteroatoms. The standard InChI is InChI=1S/C9H12N4O4S/c1-2-13(5-3-4-10)18(16,17)8-7(9(14)15)6-11-12-8/h6H,2-3,5H2,1H3,(H,11,12)(H,14,15). The number of H-pyrrole nitrogens is 1. The Bertz CT molecular complexity index is 572. The predicted octanol–water partition coefficient (Wildman–Crippen LogP) is 0.0322. The second-order valence-electron chi connectivity index (χ2n) is 3.32. The molecule has 98 valence electrons. The first-order chi connectivity index (χ1) is 8.45. The molecule has 0 aromatic carbocycles. The third-order valence-electron chi connectivity index (χ3n) is 2.26. The van der Waals surface area contributed by atoms with Crippen molar-refractivity contribution in [1.82, 2.24) is 14.5 Å². The Hall–Kier alpha value is -1.92. The molecule has 0 aliphatic carbocycles. The molecule has 1 rings (SSSR count). The van der Waals surface area contributed by atoms with Crippen molar-refractivity contribution in [2.75, 3.05) is 13.1 Å². The summed E-state index contributed by atoms with van der Waals surface area (Å²) < 4.78 is 25.3. The van der Waals surface area contributed by atoms with Crippen LogP contribution in [-0.4, -0.2) is 47.1 Å². The monoisotopic (exact) mass is 272 g/mol. The van der Waals surface area contributed by atoms with Crippen molar-refractivity contribution in [2.24, 2.45) is 0 Å². The Morgan fingerprint density at radius 3 is 2.83 bits per heavy atom. The lowest BCUT2D eigenvalue weighted by molar-refractivity contribution is 0.0692. The fourth-order valence-electron chi connectivity index (χ4n) is 1.38. The Kier molecular flexibility index (Phi) is 4.41. The van der Waals surface area contributed by atoms with Crippen molar-refractivity contribution in [3.8, 4) is 6.07 Å². The lowest BCUT2D eigenvalue weighted by Crippen LogP contribution is -2.33. The van der Waals surface area contributed by atoms with Crippen LogP contribution in [0.4, 0.5) is 0 Å². The molecule has 0 amide bonds. The van der Waals surface area contributed by atoms with Gasteiger partial charge in [-0.15, -0.1) is 0 Å². The van der Waals surface area contributed by atoms with Crippen LogP contribution in [0.1, 0.15) is 23.7 Å². The predicted molar refractivity (Wildman–Crippen MR) is 60.2 cm³/mol. The lowest BCUT2D eigenvalue weighted by atomic mass is 10.4. The summed E-state index contributed by atoms with van der Waals surface area (Å²) in [5, 5.41) is 22.5. The summed E-state index contributed by atoms with van der Waals surface area (Å²) in [7, 11) is -3.97. The third kappa shape index (κ3) is 2.66. The van der Waals surface area contributed by atoms with Crippen molar-refractivity contribution in [3.63, 3.8) is 0 Å². The van der Waals surface area contributed by atoms with Gasteiger partial charge in [-0.3, -0.25) is 5.10 Å². The molecule has 8 nitrogen and oxygen atoms in total. The number of nitrogens with zero attached hydrogens (tertiary/aromatic N) is 3. The highest BCUT2D eigenvalue weighted by Crippen LogP contribution is 2.17. The number of hydrogen-bond donors (Lipinski definition) is 2. The van der Waals surface area contributed by atoms with E-state index in [0.29, 0.717) is 0 Å². The number of nitrogens with one attached hydrogen (secondary N) is 1. The Morgan fingerprint density at radius 2 is 2.33 bits per heavy atom. The molecule has 0 bridgehead atoms. The van der Waals surface area contributed by atoms with Gasteiger partial charge in [-0.25, -0.2) is 13.2 Å². The van der Waals surface area contributed by atoms with Gasteiger partial charge in [0.1, 0.15) is 5.56 Å². The largest absolute Gasteiger partial charge is 0.478 e. The van der Waals surface area contributed by atoms with Gasteiger partial charge in [-0.1, -0.05) is 6.92 Å².